The minimum atomic E-state index is -1.63. The van der Waals surface area contributed by atoms with Crippen molar-refractivity contribution in [3.8, 4) is 5.88 Å². The highest BCUT2D eigenvalue weighted by Gasteiger charge is 2.21. The van der Waals surface area contributed by atoms with Gasteiger partial charge in [0.25, 0.3) is 0 Å². The number of methoxy groups -OCH3 is 1. The normalized spacial score (nSPS) is 10.1. The van der Waals surface area contributed by atoms with Gasteiger partial charge in [-0.05, 0) is 23.6 Å². The van der Waals surface area contributed by atoms with Gasteiger partial charge in [-0.3, -0.25) is 9.59 Å². The minimum absolute atomic E-state index is 0.0741. The number of carboxylic acids is 1. The molecule has 1 aromatic heterocycles. The van der Waals surface area contributed by atoms with Crippen LogP contribution in [-0.4, -0.2) is 34.7 Å². The smallest absolute Gasteiger partial charge is 0.372 e. The van der Waals surface area contributed by atoms with E-state index in [1.165, 1.54) is 7.11 Å². The molecule has 2 rings (SSSR count). The lowest BCUT2D eigenvalue weighted by Crippen LogP contribution is -2.18. The lowest BCUT2D eigenvalue weighted by Gasteiger charge is -2.08. The van der Waals surface area contributed by atoms with Crippen LogP contribution in [0.25, 0.3) is 0 Å². The summed E-state index contributed by atoms with van der Waals surface area (Å²) >= 11 is 0. The standard InChI is InChI=1S/C17H15NO5/c1-23-16-13(14(19)9-15(20)17(21)22)8-12(10-18-16)7-11-5-3-2-4-6-11/h2-6,8,10H,7,9H2,1H3,(H,21,22). The Morgan fingerprint density at radius 1 is 1.13 bits per heavy atom. The zero-order valence-corrected chi connectivity index (χ0v) is 12.5. The number of rotatable bonds is 7. The van der Waals surface area contributed by atoms with Crippen LogP contribution in [0.15, 0.2) is 42.6 Å². The van der Waals surface area contributed by atoms with E-state index in [4.69, 9.17) is 9.84 Å². The van der Waals surface area contributed by atoms with Crippen LogP contribution in [0.4, 0.5) is 0 Å². The zero-order chi connectivity index (χ0) is 16.8. The van der Waals surface area contributed by atoms with Gasteiger partial charge in [-0.2, -0.15) is 0 Å². The number of carbonyl (C=O) groups is 3. The number of benzene rings is 1. The second-order valence-electron chi connectivity index (χ2n) is 4.89. The highest BCUT2D eigenvalue weighted by molar-refractivity contribution is 6.37. The molecule has 0 unspecified atom stereocenters. The fraction of sp³-hybridized carbons (Fsp3) is 0.176. The van der Waals surface area contributed by atoms with Crippen LogP contribution in [-0.2, 0) is 16.0 Å². The third-order valence-electron chi connectivity index (χ3n) is 3.21. The van der Waals surface area contributed by atoms with Crippen molar-refractivity contribution in [1.82, 2.24) is 4.98 Å². The number of Topliss-reactive ketones (excluding diaryl/α,β-unsaturated/α-hetero) is 2. The van der Waals surface area contributed by atoms with Crippen LogP contribution in [0, 0.1) is 0 Å². The molecular formula is C17H15NO5. The van der Waals surface area contributed by atoms with E-state index in [2.05, 4.69) is 4.98 Å². The number of nitrogens with zero attached hydrogens (tertiary/aromatic N) is 1. The Kier molecular flexibility index (Phi) is 5.19. The third-order valence-corrected chi connectivity index (χ3v) is 3.21. The molecule has 0 spiro atoms. The van der Waals surface area contributed by atoms with Gasteiger partial charge in [-0.25, -0.2) is 9.78 Å². The minimum Gasteiger partial charge on any atom is -0.480 e. The number of ketones is 2. The van der Waals surface area contributed by atoms with Crippen molar-refractivity contribution in [2.24, 2.45) is 0 Å². The molecule has 0 aliphatic heterocycles. The molecule has 1 heterocycles. The highest BCUT2D eigenvalue weighted by Crippen LogP contribution is 2.20. The van der Waals surface area contributed by atoms with Crippen molar-refractivity contribution in [2.45, 2.75) is 12.8 Å². The first-order valence-electron chi connectivity index (χ1n) is 6.87. The number of hydrogen-bond acceptors (Lipinski definition) is 5. The molecule has 23 heavy (non-hydrogen) atoms. The molecule has 0 aliphatic carbocycles. The summed E-state index contributed by atoms with van der Waals surface area (Å²) in [4.78, 5) is 38.0. The first kappa shape index (κ1) is 16.4. The summed E-state index contributed by atoms with van der Waals surface area (Å²) in [5.74, 6) is -3.35. The SMILES string of the molecule is COc1ncc(Cc2ccccc2)cc1C(=O)CC(=O)C(=O)O. The number of carboxylic acid groups (broad SMARTS) is 1. The average molecular weight is 313 g/mol. The van der Waals surface area contributed by atoms with Gasteiger partial charge in [0.1, 0.15) is 0 Å². The van der Waals surface area contributed by atoms with Crippen molar-refractivity contribution >= 4 is 17.5 Å². The van der Waals surface area contributed by atoms with Gasteiger partial charge in [0.05, 0.1) is 19.1 Å². The molecule has 2 aromatic rings. The number of hydrogen-bond donors (Lipinski definition) is 1. The van der Waals surface area contributed by atoms with Crippen LogP contribution in [0.2, 0.25) is 0 Å². The summed E-state index contributed by atoms with van der Waals surface area (Å²) in [6, 6.07) is 11.2. The molecule has 0 saturated heterocycles. The van der Waals surface area contributed by atoms with Gasteiger partial charge in [-0.15, -0.1) is 0 Å². The molecule has 6 nitrogen and oxygen atoms in total. The Hall–Kier alpha value is -3.02. The second-order valence-corrected chi connectivity index (χ2v) is 4.89. The topological polar surface area (TPSA) is 93.6 Å². The highest BCUT2D eigenvalue weighted by atomic mass is 16.5. The summed E-state index contributed by atoms with van der Waals surface area (Å²) in [5.41, 5.74) is 1.91. The molecule has 6 heteroatoms. The predicted molar refractivity (Wildman–Crippen MR) is 81.6 cm³/mol. The van der Waals surface area contributed by atoms with Crippen LogP contribution >= 0.6 is 0 Å². The lowest BCUT2D eigenvalue weighted by atomic mass is 10.0. The van der Waals surface area contributed by atoms with Gasteiger partial charge in [0.15, 0.2) is 5.78 Å². The first-order valence-corrected chi connectivity index (χ1v) is 6.87. The molecule has 0 aliphatic rings. The maximum atomic E-state index is 12.1. The zero-order valence-electron chi connectivity index (χ0n) is 12.5. The Morgan fingerprint density at radius 2 is 1.83 bits per heavy atom. The second kappa shape index (κ2) is 7.31. The molecule has 0 fully saturated rings. The number of aliphatic carboxylic acids is 1. The van der Waals surface area contributed by atoms with E-state index in [1.807, 2.05) is 30.3 Å². The third kappa shape index (κ3) is 4.23. The fourth-order valence-corrected chi connectivity index (χ4v) is 2.10. The Bertz CT molecular complexity index is 740. The van der Waals surface area contributed by atoms with E-state index < -0.39 is 24.0 Å². The van der Waals surface area contributed by atoms with Crippen molar-refractivity contribution in [3.63, 3.8) is 0 Å². The molecule has 0 atom stereocenters. The number of pyridine rings is 1. The largest absolute Gasteiger partial charge is 0.480 e. The van der Waals surface area contributed by atoms with Crippen molar-refractivity contribution < 1.29 is 24.2 Å². The number of carbonyl (C=O) groups excluding carboxylic acids is 2. The van der Waals surface area contributed by atoms with E-state index in [1.54, 1.807) is 12.3 Å². The summed E-state index contributed by atoms with van der Waals surface area (Å²) in [7, 11) is 1.36. The molecule has 0 amide bonds. The Balaban J connectivity index is 2.26. The fourth-order valence-electron chi connectivity index (χ4n) is 2.10. The van der Waals surface area contributed by atoms with Gasteiger partial charge in [0.2, 0.25) is 11.7 Å². The van der Waals surface area contributed by atoms with E-state index in [9.17, 15) is 14.4 Å². The van der Waals surface area contributed by atoms with Gasteiger partial charge < -0.3 is 9.84 Å². The quantitative estimate of drug-likeness (QED) is 0.477. The summed E-state index contributed by atoms with van der Waals surface area (Å²) in [6.07, 6.45) is 1.43. The van der Waals surface area contributed by atoms with Crippen molar-refractivity contribution in [3.05, 3.63) is 59.3 Å². The summed E-state index contributed by atoms with van der Waals surface area (Å²) in [6.45, 7) is 0. The Labute approximate surface area is 132 Å². The molecule has 1 N–H and O–H groups in total. The van der Waals surface area contributed by atoms with E-state index in [0.717, 1.165) is 11.1 Å². The van der Waals surface area contributed by atoms with Gasteiger partial charge in [-0.1, -0.05) is 30.3 Å². The van der Waals surface area contributed by atoms with E-state index >= 15 is 0 Å². The summed E-state index contributed by atoms with van der Waals surface area (Å²) < 4.78 is 5.02. The molecular weight excluding hydrogens is 298 g/mol. The van der Waals surface area contributed by atoms with Crippen molar-refractivity contribution in [2.75, 3.05) is 7.11 Å². The van der Waals surface area contributed by atoms with Crippen LogP contribution < -0.4 is 4.74 Å². The lowest BCUT2D eigenvalue weighted by molar-refractivity contribution is -0.148. The molecule has 0 bridgehead atoms. The maximum absolute atomic E-state index is 12.1. The van der Waals surface area contributed by atoms with Crippen LogP contribution in [0.1, 0.15) is 27.9 Å². The molecule has 0 radical (unpaired) electrons. The van der Waals surface area contributed by atoms with E-state index in [0.29, 0.717) is 6.42 Å². The molecule has 1 aromatic carbocycles. The van der Waals surface area contributed by atoms with Crippen LogP contribution in [0.3, 0.4) is 0 Å². The van der Waals surface area contributed by atoms with Crippen LogP contribution in [0.5, 0.6) is 5.88 Å². The monoisotopic (exact) mass is 313 g/mol. The maximum Gasteiger partial charge on any atom is 0.372 e. The Morgan fingerprint density at radius 3 is 2.43 bits per heavy atom. The molecule has 0 saturated carbocycles. The summed E-state index contributed by atoms with van der Waals surface area (Å²) in [5, 5.41) is 8.61. The van der Waals surface area contributed by atoms with Crippen molar-refractivity contribution in [1.29, 1.82) is 0 Å². The number of ether oxygens (including phenoxy) is 1. The molecule has 118 valence electrons. The number of aromatic nitrogens is 1. The van der Waals surface area contributed by atoms with E-state index in [-0.39, 0.29) is 11.4 Å². The van der Waals surface area contributed by atoms with Gasteiger partial charge >= 0.3 is 5.97 Å². The predicted octanol–water partition coefficient (Wildman–Crippen LogP) is 1.91. The first-order chi connectivity index (χ1) is 11.0. The van der Waals surface area contributed by atoms with Gasteiger partial charge in [0, 0.05) is 6.20 Å². The average Bonchev–Trinajstić information content (AvgIpc) is 2.55.